The number of para-hydroxylation sites is 1. The van der Waals surface area contributed by atoms with Crippen molar-refractivity contribution in [2.45, 2.75) is 45.3 Å². The molecule has 3 aromatic carbocycles. The fourth-order valence-electron chi connectivity index (χ4n) is 4.15. The molecule has 2 amide bonds. The Labute approximate surface area is 246 Å². The Hall–Kier alpha value is -3.47. The van der Waals surface area contributed by atoms with E-state index < -0.39 is 46.0 Å². The van der Waals surface area contributed by atoms with E-state index in [1.54, 1.807) is 24.3 Å². The summed E-state index contributed by atoms with van der Waals surface area (Å²) >= 11 is 6.08. The molecule has 0 saturated heterocycles. The van der Waals surface area contributed by atoms with Crippen LogP contribution in [0.25, 0.3) is 0 Å². The first-order valence-electron chi connectivity index (χ1n) is 13.0. The van der Waals surface area contributed by atoms with Crippen molar-refractivity contribution in [3.8, 4) is 0 Å². The number of halogens is 2. The SMILES string of the molecule is CN(C)S(=O)(=O)N(CC(=O)N(Cc1ccc(Cl)cc1)[C@H](Cc1ccccc1)C(=O)NC(C)(C)C)c1ccccc1F. The molecule has 0 saturated carbocycles. The van der Waals surface area contributed by atoms with Crippen LogP contribution in [0.3, 0.4) is 0 Å². The highest BCUT2D eigenvalue weighted by Crippen LogP contribution is 2.25. The van der Waals surface area contributed by atoms with E-state index in [4.69, 9.17) is 11.6 Å². The number of nitrogens with zero attached hydrogens (tertiary/aromatic N) is 3. The van der Waals surface area contributed by atoms with Crippen LogP contribution in [0.15, 0.2) is 78.9 Å². The summed E-state index contributed by atoms with van der Waals surface area (Å²) in [4.78, 5) is 29.2. The number of anilines is 1. The summed E-state index contributed by atoms with van der Waals surface area (Å²) in [5.41, 5.74) is 0.605. The maximum atomic E-state index is 14.9. The van der Waals surface area contributed by atoms with Crippen molar-refractivity contribution < 1.29 is 22.4 Å². The summed E-state index contributed by atoms with van der Waals surface area (Å²) in [6, 6.07) is 20.4. The molecule has 0 bridgehead atoms. The monoisotopic (exact) mass is 602 g/mol. The summed E-state index contributed by atoms with van der Waals surface area (Å²) in [5, 5.41) is 3.46. The van der Waals surface area contributed by atoms with Crippen molar-refractivity contribution in [3.05, 3.63) is 101 Å². The number of carbonyl (C=O) groups excluding carboxylic acids is 2. The van der Waals surface area contributed by atoms with Gasteiger partial charge < -0.3 is 10.2 Å². The van der Waals surface area contributed by atoms with Crippen molar-refractivity contribution in [1.82, 2.24) is 14.5 Å². The number of hydrogen-bond acceptors (Lipinski definition) is 4. The molecule has 220 valence electrons. The highest BCUT2D eigenvalue weighted by molar-refractivity contribution is 7.90. The molecule has 3 rings (SSSR count). The average molecular weight is 603 g/mol. The Bertz CT molecular complexity index is 1450. The second-order valence-corrected chi connectivity index (χ2v) is 13.3. The van der Waals surface area contributed by atoms with E-state index >= 15 is 0 Å². The maximum Gasteiger partial charge on any atom is 0.304 e. The van der Waals surface area contributed by atoms with Crippen LogP contribution in [0.4, 0.5) is 10.1 Å². The largest absolute Gasteiger partial charge is 0.350 e. The van der Waals surface area contributed by atoms with E-state index in [1.807, 2.05) is 51.1 Å². The Morgan fingerprint density at radius 1 is 0.902 bits per heavy atom. The van der Waals surface area contributed by atoms with Crippen LogP contribution >= 0.6 is 11.6 Å². The van der Waals surface area contributed by atoms with Crippen LogP contribution in [-0.2, 0) is 32.8 Å². The van der Waals surface area contributed by atoms with Gasteiger partial charge in [-0.15, -0.1) is 0 Å². The van der Waals surface area contributed by atoms with Crippen LogP contribution in [0.1, 0.15) is 31.9 Å². The van der Waals surface area contributed by atoms with Crippen LogP contribution in [0.5, 0.6) is 0 Å². The van der Waals surface area contributed by atoms with Gasteiger partial charge in [0, 0.05) is 37.6 Å². The van der Waals surface area contributed by atoms with Crippen molar-refractivity contribution in [1.29, 1.82) is 0 Å². The van der Waals surface area contributed by atoms with E-state index in [0.29, 0.717) is 10.6 Å². The van der Waals surface area contributed by atoms with Gasteiger partial charge >= 0.3 is 10.2 Å². The molecule has 8 nitrogen and oxygen atoms in total. The zero-order chi connectivity index (χ0) is 30.4. The second kappa shape index (κ2) is 13.5. The summed E-state index contributed by atoms with van der Waals surface area (Å²) in [6.07, 6.45) is 0.169. The maximum absolute atomic E-state index is 14.9. The van der Waals surface area contributed by atoms with Gasteiger partial charge in [0.25, 0.3) is 0 Å². The Kier molecular flexibility index (Phi) is 10.5. The molecule has 0 spiro atoms. The minimum atomic E-state index is -4.29. The van der Waals surface area contributed by atoms with Gasteiger partial charge in [0.2, 0.25) is 11.8 Å². The summed E-state index contributed by atoms with van der Waals surface area (Å²) in [6.45, 7) is 4.75. The van der Waals surface area contributed by atoms with E-state index in [-0.39, 0.29) is 18.7 Å². The first-order valence-corrected chi connectivity index (χ1v) is 14.8. The predicted molar refractivity (Wildman–Crippen MR) is 160 cm³/mol. The lowest BCUT2D eigenvalue weighted by atomic mass is 10.0. The quantitative estimate of drug-likeness (QED) is 0.346. The Morgan fingerprint density at radius 3 is 2.05 bits per heavy atom. The fourth-order valence-corrected chi connectivity index (χ4v) is 5.34. The summed E-state index contributed by atoms with van der Waals surface area (Å²) < 4.78 is 43.2. The molecule has 0 aromatic heterocycles. The minimum absolute atomic E-state index is 0.0157. The van der Waals surface area contributed by atoms with Crippen molar-refractivity contribution in [2.75, 3.05) is 24.9 Å². The third-order valence-electron chi connectivity index (χ3n) is 6.18. The molecule has 0 radical (unpaired) electrons. The summed E-state index contributed by atoms with van der Waals surface area (Å²) in [5.74, 6) is -1.89. The lowest BCUT2D eigenvalue weighted by molar-refractivity contribution is -0.140. The Morgan fingerprint density at radius 2 is 1.49 bits per heavy atom. The third kappa shape index (κ3) is 8.76. The molecular formula is C30H36ClFN4O4S. The molecule has 41 heavy (non-hydrogen) atoms. The van der Waals surface area contributed by atoms with Crippen molar-refractivity contribution in [3.63, 3.8) is 0 Å². The molecule has 1 atom stereocenters. The highest BCUT2D eigenvalue weighted by Gasteiger charge is 2.36. The van der Waals surface area contributed by atoms with Crippen LogP contribution < -0.4 is 9.62 Å². The molecule has 1 N–H and O–H groups in total. The molecule has 0 aliphatic heterocycles. The van der Waals surface area contributed by atoms with Gasteiger partial charge in [-0.3, -0.25) is 9.59 Å². The zero-order valence-electron chi connectivity index (χ0n) is 23.8. The lowest BCUT2D eigenvalue weighted by Crippen LogP contribution is -2.56. The molecule has 3 aromatic rings. The predicted octanol–water partition coefficient (Wildman–Crippen LogP) is 4.65. The van der Waals surface area contributed by atoms with Gasteiger partial charge in [0.05, 0.1) is 5.69 Å². The van der Waals surface area contributed by atoms with E-state index in [9.17, 15) is 22.4 Å². The first-order chi connectivity index (χ1) is 19.2. The number of rotatable bonds is 11. The van der Waals surface area contributed by atoms with E-state index in [2.05, 4.69) is 5.32 Å². The third-order valence-corrected chi connectivity index (χ3v) is 8.23. The van der Waals surface area contributed by atoms with Crippen molar-refractivity contribution >= 4 is 39.3 Å². The normalized spacial score (nSPS) is 12.6. The van der Waals surface area contributed by atoms with Gasteiger partial charge in [-0.2, -0.15) is 12.7 Å². The fraction of sp³-hybridized carbons (Fsp3) is 0.333. The van der Waals surface area contributed by atoms with Crippen molar-refractivity contribution in [2.24, 2.45) is 0 Å². The van der Waals surface area contributed by atoms with Gasteiger partial charge in [0.15, 0.2) is 0 Å². The standard InChI is InChI=1S/C30H36ClFN4O4S/c1-30(2,3)33-29(38)27(19-22-11-7-6-8-12-22)35(20-23-15-17-24(31)18-16-23)28(37)21-36(41(39,40)34(4)5)26-14-10-9-13-25(26)32/h6-18,27H,19-21H2,1-5H3,(H,33,38)/t27-/m1/s1. The molecule has 0 aliphatic carbocycles. The molecule has 0 unspecified atom stereocenters. The number of amides is 2. The van der Waals surface area contributed by atoms with Gasteiger partial charge in [-0.25, -0.2) is 8.70 Å². The molecular weight excluding hydrogens is 567 g/mol. The van der Waals surface area contributed by atoms with Gasteiger partial charge in [-0.1, -0.05) is 66.2 Å². The molecule has 0 aliphatic rings. The average Bonchev–Trinajstić information content (AvgIpc) is 2.90. The summed E-state index contributed by atoms with van der Waals surface area (Å²) in [7, 11) is -1.69. The van der Waals surface area contributed by atoms with Crippen LogP contribution in [0.2, 0.25) is 5.02 Å². The second-order valence-electron chi connectivity index (χ2n) is 10.8. The number of nitrogens with one attached hydrogen (secondary N) is 1. The smallest absolute Gasteiger partial charge is 0.304 e. The molecule has 11 heteroatoms. The lowest BCUT2D eigenvalue weighted by Gasteiger charge is -2.35. The van der Waals surface area contributed by atoms with Gasteiger partial charge in [-0.05, 0) is 56.2 Å². The van der Waals surface area contributed by atoms with E-state index in [0.717, 1.165) is 20.2 Å². The minimum Gasteiger partial charge on any atom is -0.350 e. The number of hydrogen-bond donors (Lipinski definition) is 1. The van der Waals surface area contributed by atoms with Crippen LogP contribution in [0, 0.1) is 5.82 Å². The Balaban J connectivity index is 2.12. The number of carbonyl (C=O) groups is 2. The first kappa shape index (κ1) is 32.0. The number of benzene rings is 3. The highest BCUT2D eigenvalue weighted by atomic mass is 35.5. The van der Waals surface area contributed by atoms with Crippen LogP contribution in [-0.4, -0.2) is 61.7 Å². The topological polar surface area (TPSA) is 90.0 Å². The van der Waals surface area contributed by atoms with Gasteiger partial charge in [0.1, 0.15) is 18.4 Å². The molecule has 0 fully saturated rings. The zero-order valence-corrected chi connectivity index (χ0v) is 25.4. The molecule has 0 heterocycles. The van der Waals surface area contributed by atoms with E-state index in [1.165, 1.54) is 37.2 Å².